The lowest BCUT2D eigenvalue weighted by molar-refractivity contribution is -0.133. The molecule has 0 saturated carbocycles. The summed E-state index contributed by atoms with van der Waals surface area (Å²) < 4.78 is 1.86. The molecule has 1 atom stereocenters. The number of carbonyl (C=O) groups is 1. The molecule has 25 heavy (non-hydrogen) atoms. The number of amides is 1. The quantitative estimate of drug-likeness (QED) is 0.781. The minimum atomic E-state index is -0.166. The van der Waals surface area contributed by atoms with Crippen molar-refractivity contribution in [2.24, 2.45) is 7.05 Å². The highest BCUT2D eigenvalue weighted by Crippen LogP contribution is 2.30. The average Bonchev–Trinajstić information content (AvgIpc) is 3.10. The lowest BCUT2D eigenvalue weighted by atomic mass is 9.96. The molecule has 1 aliphatic rings. The number of aromatic amines is 1. The minimum absolute atomic E-state index is 0.166. The van der Waals surface area contributed by atoms with Crippen molar-refractivity contribution in [3.8, 4) is 0 Å². The van der Waals surface area contributed by atoms with Gasteiger partial charge in [0.1, 0.15) is 0 Å². The molecule has 1 N–H and O–H groups in total. The number of para-hydroxylation sites is 1. The molecule has 3 heterocycles. The molecule has 0 spiro atoms. The summed E-state index contributed by atoms with van der Waals surface area (Å²) in [5.74, 6) is 0.0237. The van der Waals surface area contributed by atoms with Gasteiger partial charge in [-0.2, -0.15) is 5.10 Å². The van der Waals surface area contributed by atoms with Crippen molar-refractivity contribution in [1.29, 1.82) is 0 Å². The van der Waals surface area contributed by atoms with E-state index >= 15 is 0 Å². The number of nitrogens with one attached hydrogen (secondary N) is 1. The molecule has 0 radical (unpaired) electrons. The average molecular weight is 336 g/mol. The highest BCUT2D eigenvalue weighted by Gasteiger charge is 2.30. The largest absolute Gasteiger partial charge is 0.358 e. The zero-order chi connectivity index (χ0) is 17.7. The lowest BCUT2D eigenvalue weighted by Gasteiger charge is -2.30. The van der Waals surface area contributed by atoms with Gasteiger partial charge in [0.2, 0.25) is 5.91 Å². The van der Waals surface area contributed by atoms with E-state index in [0.717, 1.165) is 35.4 Å². The Bertz CT molecular complexity index is 966. The topological polar surface area (TPSA) is 53.9 Å². The highest BCUT2D eigenvalue weighted by molar-refractivity contribution is 5.87. The second-order valence-electron chi connectivity index (χ2n) is 7.07. The zero-order valence-corrected chi connectivity index (χ0v) is 15.3. The van der Waals surface area contributed by atoms with Crippen molar-refractivity contribution < 1.29 is 4.79 Å². The molecule has 0 bridgehead atoms. The maximum atomic E-state index is 13.2. The fourth-order valence-corrected chi connectivity index (χ4v) is 4.17. The predicted molar refractivity (Wildman–Crippen MR) is 98.5 cm³/mol. The van der Waals surface area contributed by atoms with Crippen LogP contribution in [0.2, 0.25) is 0 Å². The van der Waals surface area contributed by atoms with E-state index in [-0.39, 0.29) is 11.8 Å². The van der Waals surface area contributed by atoms with Gasteiger partial charge in [0.25, 0.3) is 0 Å². The summed E-state index contributed by atoms with van der Waals surface area (Å²) in [5, 5.41) is 5.70. The van der Waals surface area contributed by atoms with E-state index in [0.29, 0.717) is 6.54 Å². The Morgan fingerprint density at radius 2 is 2.04 bits per heavy atom. The first kappa shape index (κ1) is 15.9. The van der Waals surface area contributed by atoms with Gasteiger partial charge in [-0.05, 0) is 26.8 Å². The molecule has 130 valence electrons. The van der Waals surface area contributed by atoms with E-state index in [1.807, 2.05) is 43.5 Å². The van der Waals surface area contributed by atoms with Crippen molar-refractivity contribution >= 4 is 16.8 Å². The Hall–Kier alpha value is -2.56. The highest BCUT2D eigenvalue weighted by atomic mass is 16.2. The summed E-state index contributed by atoms with van der Waals surface area (Å²) in [4.78, 5) is 18.7. The van der Waals surface area contributed by atoms with E-state index in [9.17, 15) is 4.79 Å². The maximum absolute atomic E-state index is 13.2. The van der Waals surface area contributed by atoms with Gasteiger partial charge in [0.15, 0.2) is 0 Å². The van der Waals surface area contributed by atoms with E-state index in [4.69, 9.17) is 0 Å². The van der Waals surface area contributed by atoms with Gasteiger partial charge in [0.05, 0.1) is 11.6 Å². The number of rotatable bonds is 2. The third-order valence-electron chi connectivity index (χ3n) is 5.56. The van der Waals surface area contributed by atoms with E-state index < -0.39 is 0 Å². The van der Waals surface area contributed by atoms with Crippen LogP contribution in [0.5, 0.6) is 0 Å². The summed E-state index contributed by atoms with van der Waals surface area (Å²) in [6.07, 6.45) is 0.882. The van der Waals surface area contributed by atoms with Gasteiger partial charge in [-0.25, -0.2) is 0 Å². The second kappa shape index (κ2) is 5.76. The molecule has 5 nitrogen and oxygen atoms in total. The summed E-state index contributed by atoms with van der Waals surface area (Å²) in [6, 6.07) is 8.34. The Labute approximate surface area is 147 Å². The summed E-state index contributed by atoms with van der Waals surface area (Å²) in [5.41, 5.74) is 6.79. The number of hydrogen-bond donors (Lipinski definition) is 1. The van der Waals surface area contributed by atoms with E-state index in [1.54, 1.807) is 0 Å². The third kappa shape index (κ3) is 2.46. The number of carbonyl (C=O) groups excluding carboxylic acids is 1. The zero-order valence-electron chi connectivity index (χ0n) is 15.3. The van der Waals surface area contributed by atoms with Crippen LogP contribution in [0.25, 0.3) is 10.9 Å². The van der Waals surface area contributed by atoms with Gasteiger partial charge >= 0.3 is 0 Å². The van der Waals surface area contributed by atoms with Crippen molar-refractivity contribution in [2.45, 2.75) is 39.7 Å². The monoisotopic (exact) mass is 336 g/mol. The number of aryl methyl sites for hydroxylation is 2. The molecule has 2 aromatic heterocycles. The van der Waals surface area contributed by atoms with Crippen LogP contribution in [0.3, 0.4) is 0 Å². The third-order valence-corrected chi connectivity index (χ3v) is 5.56. The van der Waals surface area contributed by atoms with Crippen molar-refractivity contribution in [2.75, 3.05) is 6.54 Å². The van der Waals surface area contributed by atoms with Crippen LogP contribution in [0, 0.1) is 13.8 Å². The molecule has 0 saturated heterocycles. The first-order valence-corrected chi connectivity index (χ1v) is 8.84. The van der Waals surface area contributed by atoms with E-state index in [1.165, 1.54) is 16.6 Å². The number of hydrogen-bond acceptors (Lipinski definition) is 2. The van der Waals surface area contributed by atoms with Crippen molar-refractivity contribution in [1.82, 2.24) is 19.7 Å². The number of nitrogens with zero attached hydrogens (tertiary/aromatic N) is 3. The van der Waals surface area contributed by atoms with Crippen molar-refractivity contribution in [3.05, 3.63) is 52.5 Å². The lowest BCUT2D eigenvalue weighted by Crippen LogP contribution is -2.38. The van der Waals surface area contributed by atoms with Gasteiger partial charge in [-0.15, -0.1) is 0 Å². The molecular formula is C20H24N4O. The first-order valence-electron chi connectivity index (χ1n) is 8.84. The van der Waals surface area contributed by atoms with Crippen LogP contribution in [-0.2, 0) is 24.8 Å². The molecule has 4 rings (SSSR count). The fourth-order valence-electron chi connectivity index (χ4n) is 4.17. The molecule has 0 aliphatic carbocycles. The van der Waals surface area contributed by atoms with Gasteiger partial charge in [-0.1, -0.05) is 18.2 Å². The Kier molecular flexibility index (Phi) is 3.67. The molecular weight excluding hydrogens is 312 g/mol. The number of fused-ring (bicyclic) bond motifs is 3. The molecule has 1 amide bonds. The predicted octanol–water partition coefficient (Wildman–Crippen LogP) is 3.21. The molecule has 1 aromatic carbocycles. The molecule has 3 aromatic rings. The Balaban J connectivity index is 1.63. The molecule has 5 heteroatoms. The van der Waals surface area contributed by atoms with Crippen LogP contribution in [0.4, 0.5) is 0 Å². The van der Waals surface area contributed by atoms with Gasteiger partial charge in [-0.3, -0.25) is 9.48 Å². The fraction of sp³-hybridized carbons (Fsp3) is 0.400. The normalized spacial score (nSPS) is 15.4. The van der Waals surface area contributed by atoms with Gasteiger partial charge < -0.3 is 9.88 Å². The molecule has 0 fully saturated rings. The van der Waals surface area contributed by atoms with E-state index in [2.05, 4.69) is 28.3 Å². The molecule has 0 unspecified atom stereocenters. The summed E-state index contributed by atoms with van der Waals surface area (Å²) in [6.45, 7) is 7.47. The smallest absolute Gasteiger partial charge is 0.230 e. The Morgan fingerprint density at radius 3 is 2.76 bits per heavy atom. The maximum Gasteiger partial charge on any atom is 0.230 e. The summed E-state index contributed by atoms with van der Waals surface area (Å²) >= 11 is 0. The molecule has 1 aliphatic heterocycles. The van der Waals surface area contributed by atoms with Crippen LogP contribution in [-0.4, -0.2) is 32.1 Å². The standard InChI is InChI=1S/C20H24N4O/c1-12(19-13(2)22-23(4)14(19)3)20(25)24-10-9-18-16(11-24)15-7-5-6-8-17(15)21-18/h5-8,12,21H,9-11H2,1-4H3/t12-/m0/s1. The van der Waals surface area contributed by atoms with Gasteiger partial charge in [0, 0.05) is 60.0 Å². The second-order valence-corrected chi connectivity index (χ2v) is 7.07. The van der Waals surface area contributed by atoms with Crippen LogP contribution in [0.1, 0.15) is 41.1 Å². The summed E-state index contributed by atoms with van der Waals surface area (Å²) in [7, 11) is 1.93. The van der Waals surface area contributed by atoms with Crippen LogP contribution < -0.4 is 0 Å². The van der Waals surface area contributed by atoms with Crippen molar-refractivity contribution in [3.63, 3.8) is 0 Å². The van der Waals surface area contributed by atoms with Crippen LogP contribution in [0.15, 0.2) is 24.3 Å². The SMILES string of the molecule is Cc1nn(C)c(C)c1[C@H](C)C(=O)N1CCc2[nH]c3ccccc3c2C1. The number of aromatic nitrogens is 3. The van der Waals surface area contributed by atoms with Crippen LogP contribution >= 0.6 is 0 Å². The first-order chi connectivity index (χ1) is 12.0. The minimum Gasteiger partial charge on any atom is -0.358 e. The number of benzene rings is 1. The number of H-pyrrole nitrogens is 1. The Morgan fingerprint density at radius 1 is 1.28 bits per heavy atom.